The molecule has 3 heteroatoms. The lowest BCUT2D eigenvalue weighted by Gasteiger charge is -2.18. The first-order chi connectivity index (χ1) is 10.4. The van der Waals surface area contributed by atoms with Crippen LogP contribution in [0, 0.1) is 0 Å². The molecule has 1 saturated heterocycles. The normalized spacial score (nSPS) is 17.6. The molecule has 1 aliphatic heterocycles. The number of carbonyl (C=O) groups excluding carboxylic acids is 1. The first kappa shape index (κ1) is 20.6. The molecule has 0 bridgehead atoms. The smallest absolute Gasteiger partial charge is 0.150 e. The lowest BCUT2D eigenvalue weighted by Crippen LogP contribution is -2.21. The summed E-state index contributed by atoms with van der Waals surface area (Å²) in [5.41, 5.74) is 6.66. The molecule has 124 valence electrons. The molecule has 1 fully saturated rings. The zero-order valence-corrected chi connectivity index (χ0v) is 14.8. The van der Waals surface area contributed by atoms with E-state index in [0.717, 1.165) is 11.8 Å². The second-order valence-electron chi connectivity index (χ2n) is 6.42. The monoisotopic (exact) mass is 304 g/mol. The number of hydrogen-bond acceptors (Lipinski definition) is 3. The lowest BCUT2D eigenvalue weighted by molar-refractivity contribution is 0.112. The van der Waals surface area contributed by atoms with E-state index in [1.807, 2.05) is 30.3 Å². The fraction of sp³-hybridized carbons (Fsp3) is 0.526. The van der Waals surface area contributed by atoms with E-state index in [9.17, 15) is 4.79 Å². The van der Waals surface area contributed by atoms with Gasteiger partial charge in [0, 0.05) is 11.6 Å². The van der Waals surface area contributed by atoms with Crippen molar-refractivity contribution in [2.45, 2.75) is 45.1 Å². The number of benzene rings is 1. The van der Waals surface area contributed by atoms with Crippen LogP contribution in [0.15, 0.2) is 36.9 Å². The van der Waals surface area contributed by atoms with Gasteiger partial charge in [-0.1, -0.05) is 51.1 Å². The Balaban J connectivity index is 0.000000382. The first-order valence-corrected chi connectivity index (χ1v) is 7.84. The van der Waals surface area contributed by atoms with E-state index in [2.05, 4.69) is 45.0 Å². The minimum absolute atomic E-state index is 0.168. The number of likely N-dealkylation sites (N-methyl/N-ethyl adjacent to an activating group) is 1. The molecule has 0 aliphatic carbocycles. The van der Waals surface area contributed by atoms with Crippen molar-refractivity contribution >= 4 is 6.29 Å². The van der Waals surface area contributed by atoms with Gasteiger partial charge in [-0.25, -0.2) is 0 Å². The molecule has 1 aromatic rings. The Morgan fingerprint density at radius 3 is 2.05 bits per heavy atom. The molecule has 1 aromatic carbocycles. The maximum atomic E-state index is 10.4. The number of hydrogen-bond donors (Lipinski definition) is 1. The van der Waals surface area contributed by atoms with Crippen LogP contribution in [0.2, 0.25) is 0 Å². The van der Waals surface area contributed by atoms with Crippen molar-refractivity contribution in [1.82, 2.24) is 4.90 Å². The van der Waals surface area contributed by atoms with Gasteiger partial charge in [-0.05, 0) is 44.5 Å². The minimum atomic E-state index is 0.168. The molecule has 2 rings (SSSR count). The van der Waals surface area contributed by atoms with Crippen LogP contribution in [0.3, 0.4) is 0 Å². The first-order valence-electron chi connectivity index (χ1n) is 7.84. The predicted octanol–water partition coefficient (Wildman–Crippen LogP) is 3.64. The van der Waals surface area contributed by atoms with Crippen molar-refractivity contribution in [1.29, 1.82) is 0 Å². The third-order valence-electron chi connectivity index (χ3n) is 3.76. The summed E-state index contributed by atoms with van der Waals surface area (Å²) < 4.78 is 0. The fourth-order valence-electron chi connectivity index (χ4n) is 2.30. The molecule has 0 amide bonds. The summed E-state index contributed by atoms with van der Waals surface area (Å²) in [7, 11) is 3.65. The Hall–Kier alpha value is -1.45. The summed E-state index contributed by atoms with van der Waals surface area (Å²) in [6, 6.07) is 8.38. The molecular formula is C19H32N2O. The third kappa shape index (κ3) is 7.01. The van der Waals surface area contributed by atoms with Crippen LogP contribution in [0.5, 0.6) is 0 Å². The van der Waals surface area contributed by atoms with E-state index >= 15 is 0 Å². The molecule has 1 unspecified atom stereocenters. The topological polar surface area (TPSA) is 46.3 Å². The summed E-state index contributed by atoms with van der Waals surface area (Å²) in [6.07, 6.45) is 5.55. The number of carbonyl (C=O) groups is 1. The van der Waals surface area contributed by atoms with Crippen molar-refractivity contribution in [2.75, 3.05) is 20.6 Å². The summed E-state index contributed by atoms with van der Waals surface area (Å²) >= 11 is 0. The Bertz CT molecular complexity index is 432. The Labute approximate surface area is 136 Å². The summed E-state index contributed by atoms with van der Waals surface area (Å²) in [5.74, 6) is 0. The van der Waals surface area contributed by atoms with Gasteiger partial charge in [0.05, 0.1) is 0 Å². The molecule has 0 aromatic heterocycles. The number of nitrogens with zero attached hydrogens (tertiary/aromatic N) is 1. The molecule has 1 atom stereocenters. The molecule has 22 heavy (non-hydrogen) atoms. The Kier molecular flexibility index (Phi) is 9.63. The van der Waals surface area contributed by atoms with Gasteiger partial charge >= 0.3 is 0 Å². The van der Waals surface area contributed by atoms with E-state index in [1.165, 1.54) is 32.0 Å². The third-order valence-corrected chi connectivity index (χ3v) is 3.76. The average Bonchev–Trinajstić information content (AvgIpc) is 2.94. The highest BCUT2D eigenvalue weighted by Gasteiger charge is 2.16. The van der Waals surface area contributed by atoms with E-state index in [4.69, 9.17) is 0 Å². The summed E-state index contributed by atoms with van der Waals surface area (Å²) in [5, 5.41) is 0. The second-order valence-corrected chi connectivity index (χ2v) is 6.42. The van der Waals surface area contributed by atoms with E-state index in [-0.39, 0.29) is 5.41 Å². The summed E-state index contributed by atoms with van der Waals surface area (Å²) in [4.78, 5) is 12.7. The van der Waals surface area contributed by atoms with Crippen LogP contribution in [-0.4, -0.2) is 37.9 Å². The van der Waals surface area contributed by atoms with Crippen LogP contribution in [0.1, 0.15) is 49.5 Å². The van der Waals surface area contributed by atoms with E-state index in [1.54, 1.807) is 0 Å². The highest BCUT2D eigenvalue weighted by Crippen LogP contribution is 2.21. The van der Waals surface area contributed by atoms with Crippen LogP contribution < -0.4 is 5.73 Å². The van der Waals surface area contributed by atoms with Crippen molar-refractivity contribution in [3.63, 3.8) is 0 Å². The van der Waals surface area contributed by atoms with Crippen molar-refractivity contribution < 1.29 is 4.79 Å². The zero-order chi connectivity index (χ0) is 17.2. The molecule has 2 N–H and O–H groups in total. The highest BCUT2D eigenvalue weighted by atomic mass is 16.1. The van der Waals surface area contributed by atoms with Gasteiger partial charge in [0.15, 0.2) is 0 Å². The van der Waals surface area contributed by atoms with E-state index < -0.39 is 0 Å². The van der Waals surface area contributed by atoms with Gasteiger partial charge in [0.25, 0.3) is 0 Å². The van der Waals surface area contributed by atoms with Gasteiger partial charge in [-0.15, -0.1) is 6.58 Å². The number of nitrogens with two attached hydrogens (primary N) is 1. The standard InChI is InChI=1S/C11H14O.C7H13N.CH5N/c1-11(2,3)10-6-4-9(8-12)5-7-10;1-3-7-5-4-6-8(7)2;1-2/h4-8H,1-3H3;3,7H,1,4-6H2,2H3;2H2,1H3. The SMILES string of the molecule is C=CC1CCCN1C.CC(C)(C)c1ccc(C=O)cc1.CN. The maximum absolute atomic E-state index is 10.4. The van der Waals surface area contributed by atoms with Crippen LogP contribution in [0.4, 0.5) is 0 Å². The van der Waals surface area contributed by atoms with Crippen LogP contribution in [-0.2, 0) is 5.41 Å². The largest absolute Gasteiger partial charge is 0.333 e. The van der Waals surface area contributed by atoms with Crippen molar-refractivity contribution in [2.24, 2.45) is 5.73 Å². The molecule has 0 saturated carbocycles. The molecule has 3 nitrogen and oxygen atoms in total. The second kappa shape index (κ2) is 10.3. The predicted molar refractivity (Wildman–Crippen MR) is 96.5 cm³/mol. The van der Waals surface area contributed by atoms with Gasteiger partial charge in [0.1, 0.15) is 6.29 Å². The quantitative estimate of drug-likeness (QED) is 0.670. The molecule has 0 radical (unpaired) electrons. The Morgan fingerprint density at radius 2 is 1.77 bits per heavy atom. The zero-order valence-electron chi connectivity index (χ0n) is 14.8. The number of rotatable bonds is 2. The highest BCUT2D eigenvalue weighted by molar-refractivity contribution is 5.74. The Morgan fingerprint density at radius 1 is 1.23 bits per heavy atom. The summed E-state index contributed by atoms with van der Waals surface area (Å²) in [6.45, 7) is 11.5. The molecule has 0 spiro atoms. The lowest BCUT2D eigenvalue weighted by atomic mass is 9.87. The molecule has 1 heterocycles. The van der Waals surface area contributed by atoms with Gasteiger partial charge < -0.3 is 5.73 Å². The van der Waals surface area contributed by atoms with Gasteiger partial charge in [-0.2, -0.15) is 0 Å². The molecule has 1 aliphatic rings. The van der Waals surface area contributed by atoms with Crippen molar-refractivity contribution in [3.05, 3.63) is 48.0 Å². The average molecular weight is 304 g/mol. The molecular weight excluding hydrogens is 272 g/mol. The maximum Gasteiger partial charge on any atom is 0.150 e. The minimum Gasteiger partial charge on any atom is -0.333 e. The number of likely N-dealkylation sites (tertiary alicyclic amines) is 1. The van der Waals surface area contributed by atoms with Crippen molar-refractivity contribution in [3.8, 4) is 0 Å². The number of aldehydes is 1. The van der Waals surface area contributed by atoms with E-state index in [0.29, 0.717) is 6.04 Å². The van der Waals surface area contributed by atoms with Gasteiger partial charge in [0.2, 0.25) is 0 Å². The fourth-order valence-corrected chi connectivity index (χ4v) is 2.30. The van der Waals surface area contributed by atoms with Crippen LogP contribution >= 0.6 is 0 Å². The van der Waals surface area contributed by atoms with Crippen LogP contribution in [0.25, 0.3) is 0 Å². The van der Waals surface area contributed by atoms with Gasteiger partial charge in [-0.3, -0.25) is 9.69 Å².